The van der Waals surface area contributed by atoms with Crippen LogP contribution in [-0.2, 0) is 71.6 Å². The van der Waals surface area contributed by atoms with E-state index in [4.69, 9.17) is 29.2 Å². The Labute approximate surface area is 630 Å². The Morgan fingerprint density at radius 3 is 1.36 bits per heavy atom. The minimum atomic E-state index is -0.513. The van der Waals surface area contributed by atoms with Gasteiger partial charge in [-0.3, -0.25) is 43.2 Å². The maximum atomic E-state index is 11.7. The molecule has 4 N–H and O–H groups in total. The molecule has 11 rings (SSSR count). The van der Waals surface area contributed by atoms with Crippen LogP contribution < -0.4 is 0 Å². The number of carbonyl (C=O) groups excluding carboxylic acids is 9. The van der Waals surface area contributed by atoms with Gasteiger partial charge in [-0.05, 0) is 88.9 Å². The molecule has 4 unspecified atom stereocenters. The number of aliphatic hydroxyl groups excluding tert-OH is 4. The molecule has 4 saturated carbocycles. The second kappa shape index (κ2) is 32.9. The first-order valence-corrected chi connectivity index (χ1v) is 38.1. The van der Waals surface area contributed by atoms with Crippen molar-refractivity contribution in [1.29, 1.82) is 0 Å². The zero-order chi connectivity index (χ0) is 81.0. The molecule has 2 aliphatic heterocycles. The third-order valence-electron chi connectivity index (χ3n) is 30.2. The number of esters is 6. The highest BCUT2D eigenvalue weighted by Gasteiger charge is 2.67. The number of methoxy groups -OCH3 is 2. The summed E-state index contributed by atoms with van der Waals surface area (Å²) < 4.78 is 29.9. The van der Waals surface area contributed by atoms with Gasteiger partial charge in [0.2, 0.25) is 0 Å². The summed E-state index contributed by atoms with van der Waals surface area (Å²) in [5.74, 6) is -0.514. The van der Waals surface area contributed by atoms with Crippen LogP contribution in [0.15, 0.2) is 60.8 Å². The fraction of sp³-hybridized carbons (Fsp3) is 0.779. The number of carbonyl (C=O) groups is 9. The summed E-state index contributed by atoms with van der Waals surface area (Å²) in [6.45, 7) is 54.0. The summed E-state index contributed by atoms with van der Waals surface area (Å²) >= 11 is 0. The molecule has 14 atom stereocenters. The number of rotatable bonds is 12. The van der Waals surface area contributed by atoms with E-state index in [0.717, 1.165) is 38.5 Å². The third-order valence-corrected chi connectivity index (χ3v) is 30.2. The predicted molar refractivity (Wildman–Crippen MR) is 406 cm³/mol. The first-order valence-electron chi connectivity index (χ1n) is 38.1. The number of ketones is 3. The summed E-state index contributed by atoms with van der Waals surface area (Å²) in [7, 11) is 2.74. The number of fused-ring (bicyclic) bond motifs is 4. The second-order valence-corrected chi connectivity index (χ2v) is 38.5. The van der Waals surface area contributed by atoms with E-state index < -0.39 is 22.3 Å². The molecule has 0 aromatic rings. The van der Waals surface area contributed by atoms with Gasteiger partial charge in [0.1, 0.15) is 29.9 Å². The molecule has 2 heterocycles. The van der Waals surface area contributed by atoms with E-state index in [9.17, 15) is 53.4 Å². The van der Waals surface area contributed by atoms with Crippen molar-refractivity contribution >= 4 is 53.2 Å². The summed E-state index contributed by atoms with van der Waals surface area (Å²) in [6, 6.07) is 0. The van der Waals surface area contributed by atoms with Crippen LogP contribution in [0.2, 0.25) is 0 Å². The SMILES string of the molecule is CC(=O)OC1CC2C(=O)CC1(C)C2(C)C.CC(=O)OCC[C@@]1(C)C=CCC1(C)C.CC1(C)C(=O)C[C@@H]2OC(=O)C[C@@]21C.CC1(C)C=CC[C@]1(C)CCO.CC1(C)CC=C[C@]1(C)CCO.CC1(C)[C@@H](O)C[C@@H]2OC(=O)C[C@@]21C.COC(=O)C[C@@]1(C)C=CC(=O)C1(C)C.COC(=O)C[C@@]1(C)C=CC(O)C1(C)C. The van der Waals surface area contributed by atoms with E-state index in [1.54, 1.807) is 12.2 Å². The van der Waals surface area contributed by atoms with Gasteiger partial charge in [0, 0.05) is 101 Å². The lowest BCUT2D eigenvalue weighted by molar-refractivity contribution is -0.155. The molecule has 11 aliphatic rings. The molecule has 19 nitrogen and oxygen atoms in total. The van der Waals surface area contributed by atoms with Gasteiger partial charge in [-0.25, -0.2) is 0 Å². The van der Waals surface area contributed by atoms with Gasteiger partial charge in [0.15, 0.2) is 5.78 Å². The highest BCUT2D eigenvalue weighted by molar-refractivity contribution is 5.98. The Balaban J connectivity index is 0.000000254. The molecule has 2 saturated heterocycles. The molecule has 0 radical (unpaired) electrons. The molecular weight excluding hydrogens is 1340 g/mol. The second-order valence-electron chi connectivity index (χ2n) is 38.5. The smallest absolute Gasteiger partial charge is 0.306 e. The summed E-state index contributed by atoms with van der Waals surface area (Å²) in [4.78, 5) is 101. The van der Waals surface area contributed by atoms with Crippen molar-refractivity contribution in [1.82, 2.24) is 0 Å². The molecule has 596 valence electrons. The standard InChI is InChI=1S/C12H18O3.C12H20O2.C11H18O3.C11H16O3.C10H16O3.C10H14O3.2C10H18O/c1-7(13)15-10-5-8-9(14)6-12(10,4)11(8,2)3;1-10(13)14-9-8-12(4)7-5-6-11(12,2)3;2*1-10(2)8(12)5-6-11(10,3)7-9(13)14-4;2*1-9(2)6(11)4-7-10(9,3)5-8(12)13-7;2*1-9(2)5-4-6-10(9,3)7-8-11/h8,10H,5-6H2,1-4H3;5,7H,6,8-9H2,1-4H3;5-6,8,12H,7H2,1-4H3;5-6H,7H2,1-4H3;6-7,11H,4-5H2,1-3H3;7H,4-5H2,1-3H3;4,6,11H,5,7-8H2,1-3H3;4-5,11H,6-8H2,1-3H3/t;12-;8?,11-;11-;6-,7-,10-;7-,10-;2*10-/m.1110011/s1. The van der Waals surface area contributed by atoms with E-state index in [-0.39, 0.29) is 149 Å². The van der Waals surface area contributed by atoms with Crippen molar-refractivity contribution in [3.05, 3.63) is 60.8 Å². The van der Waals surface area contributed by atoms with Crippen LogP contribution in [-0.4, -0.2) is 138 Å². The van der Waals surface area contributed by atoms with Crippen LogP contribution in [0, 0.1) is 92.6 Å². The molecule has 105 heavy (non-hydrogen) atoms. The van der Waals surface area contributed by atoms with Gasteiger partial charge in [-0.2, -0.15) is 0 Å². The van der Waals surface area contributed by atoms with E-state index >= 15 is 0 Å². The Bertz CT molecular complexity index is 3330. The highest BCUT2D eigenvalue weighted by atomic mass is 16.6. The maximum Gasteiger partial charge on any atom is 0.306 e. The molecule has 9 aliphatic carbocycles. The third kappa shape index (κ3) is 18.5. The fourth-order valence-corrected chi connectivity index (χ4v) is 17.0. The zero-order valence-corrected chi connectivity index (χ0v) is 69.7. The minimum Gasteiger partial charge on any atom is -0.469 e. The number of ether oxygens (including phenoxy) is 6. The lowest BCUT2D eigenvalue weighted by Gasteiger charge is -2.39. The summed E-state index contributed by atoms with van der Waals surface area (Å²) in [5.41, 5.74) is -1.33. The first-order chi connectivity index (χ1) is 47.6. The number of Topliss-reactive ketones (excluding diaryl/α,β-unsaturated/α-hetero) is 2. The Morgan fingerprint density at radius 2 is 0.990 bits per heavy atom. The Morgan fingerprint density at radius 1 is 0.505 bits per heavy atom. The average Bonchev–Trinajstić information content (AvgIpc) is 1.55. The zero-order valence-electron chi connectivity index (χ0n) is 69.7. The molecule has 6 fully saturated rings. The Kier molecular flexibility index (Phi) is 28.7. The molecule has 0 aromatic carbocycles. The van der Waals surface area contributed by atoms with Gasteiger partial charge in [-0.15, -0.1) is 0 Å². The molecular formula is C86H138O19. The predicted octanol–water partition coefficient (Wildman–Crippen LogP) is 15.2. The van der Waals surface area contributed by atoms with Crippen molar-refractivity contribution in [2.75, 3.05) is 34.0 Å². The minimum absolute atomic E-state index is 0.0375. The van der Waals surface area contributed by atoms with Gasteiger partial charge in [-0.1, -0.05) is 221 Å². The average molecular weight is 1480 g/mol. The van der Waals surface area contributed by atoms with E-state index in [1.165, 1.54) is 28.1 Å². The maximum absolute atomic E-state index is 11.7. The summed E-state index contributed by atoms with van der Waals surface area (Å²) in [5, 5.41) is 37.3. The van der Waals surface area contributed by atoms with Gasteiger partial charge < -0.3 is 48.8 Å². The largest absolute Gasteiger partial charge is 0.469 e. The van der Waals surface area contributed by atoms with Crippen molar-refractivity contribution in [2.45, 2.75) is 300 Å². The lowest BCUT2D eigenvalue weighted by atomic mass is 9.66. The molecule has 0 spiro atoms. The number of aliphatic hydroxyl groups is 4. The van der Waals surface area contributed by atoms with E-state index in [0.29, 0.717) is 76.0 Å². The molecule has 19 heteroatoms. The lowest BCUT2D eigenvalue weighted by Crippen LogP contribution is -2.39. The normalized spacial score (nSPS) is 36.7. The number of allylic oxidation sites excluding steroid dienone is 9. The van der Waals surface area contributed by atoms with Crippen molar-refractivity contribution in [3.63, 3.8) is 0 Å². The molecule has 2 bridgehead atoms. The van der Waals surface area contributed by atoms with Crippen molar-refractivity contribution in [2.24, 2.45) is 92.6 Å². The monoisotopic (exact) mass is 1470 g/mol. The van der Waals surface area contributed by atoms with Crippen LogP contribution in [0.1, 0.15) is 270 Å². The van der Waals surface area contributed by atoms with Crippen LogP contribution >= 0.6 is 0 Å². The highest BCUT2D eigenvalue weighted by Crippen LogP contribution is 2.65. The van der Waals surface area contributed by atoms with Gasteiger partial charge in [0.25, 0.3) is 0 Å². The van der Waals surface area contributed by atoms with Crippen molar-refractivity contribution in [3.8, 4) is 0 Å². The van der Waals surface area contributed by atoms with E-state index in [1.807, 2.05) is 95.2 Å². The summed E-state index contributed by atoms with van der Waals surface area (Å²) in [6.07, 6.45) is 29.1. The Hall–Kier alpha value is -5.63. The molecule has 0 amide bonds. The van der Waals surface area contributed by atoms with Crippen LogP contribution in [0.4, 0.5) is 0 Å². The van der Waals surface area contributed by atoms with Crippen LogP contribution in [0.3, 0.4) is 0 Å². The number of hydrogen-bond acceptors (Lipinski definition) is 19. The van der Waals surface area contributed by atoms with Crippen LogP contribution in [0.25, 0.3) is 0 Å². The number of hydrogen-bond donors (Lipinski definition) is 4. The quantitative estimate of drug-likeness (QED) is 0.0802. The topological polar surface area (TPSA) is 290 Å². The fourth-order valence-electron chi connectivity index (χ4n) is 17.0. The van der Waals surface area contributed by atoms with Crippen LogP contribution in [0.5, 0.6) is 0 Å². The first kappa shape index (κ1) is 91.8. The van der Waals surface area contributed by atoms with E-state index in [2.05, 4.69) is 129 Å². The van der Waals surface area contributed by atoms with Gasteiger partial charge >= 0.3 is 35.8 Å². The molecule has 0 aromatic heterocycles. The van der Waals surface area contributed by atoms with Crippen molar-refractivity contribution < 1.29 is 92.0 Å². The van der Waals surface area contributed by atoms with Gasteiger partial charge in [0.05, 0.1) is 58.7 Å².